The summed E-state index contributed by atoms with van der Waals surface area (Å²) in [6.45, 7) is 9.68. The number of piperidine rings is 1. The molecule has 1 aliphatic heterocycles. The van der Waals surface area contributed by atoms with Crippen LogP contribution < -0.4 is 0 Å². The maximum Gasteiger partial charge on any atom is 0.411 e. The molecule has 0 saturated carbocycles. The number of hydrogen-bond acceptors (Lipinski definition) is 4. The van der Waals surface area contributed by atoms with Crippen LogP contribution in [0.2, 0.25) is 0 Å². The van der Waals surface area contributed by atoms with Crippen LogP contribution in [0.3, 0.4) is 0 Å². The third kappa shape index (κ3) is 3.68. The SMILES string of the molecule is CC(C)(C)OC(=O)N1[C@@H](CN=O)CCCC1(C)C. The summed E-state index contributed by atoms with van der Waals surface area (Å²) in [4.78, 5) is 24.5. The second kappa shape index (κ2) is 5.24. The molecular formula is C13H24N2O3. The number of likely N-dealkylation sites (tertiary alicyclic amines) is 1. The van der Waals surface area contributed by atoms with Crippen molar-refractivity contribution >= 4 is 6.09 Å². The molecule has 1 saturated heterocycles. The largest absolute Gasteiger partial charge is 0.444 e. The van der Waals surface area contributed by atoms with Gasteiger partial charge in [-0.1, -0.05) is 5.18 Å². The van der Waals surface area contributed by atoms with E-state index in [2.05, 4.69) is 5.18 Å². The monoisotopic (exact) mass is 256 g/mol. The Labute approximate surface area is 109 Å². The molecule has 0 radical (unpaired) electrons. The van der Waals surface area contributed by atoms with E-state index in [1.807, 2.05) is 34.6 Å². The van der Waals surface area contributed by atoms with Crippen LogP contribution in [0.25, 0.3) is 0 Å². The minimum Gasteiger partial charge on any atom is -0.444 e. The van der Waals surface area contributed by atoms with Gasteiger partial charge in [-0.2, -0.15) is 4.91 Å². The van der Waals surface area contributed by atoms with Crippen LogP contribution in [0.5, 0.6) is 0 Å². The number of nitrogens with zero attached hydrogens (tertiary/aromatic N) is 2. The fourth-order valence-corrected chi connectivity index (χ4v) is 2.48. The van der Waals surface area contributed by atoms with E-state index in [1.54, 1.807) is 4.90 Å². The summed E-state index contributed by atoms with van der Waals surface area (Å²) < 4.78 is 5.43. The molecule has 0 bridgehead atoms. The Morgan fingerprint density at radius 3 is 2.56 bits per heavy atom. The molecule has 1 fully saturated rings. The number of carbonyl (C=O) groups excluding carboxylic acids is 1. The van der Waals surface area contributed by atoms with Gasteiger partial charge in [-0.25, -0.2) is 4.79 Å². The third-order valence-corrected chi connectivity index (χ3v) is 3.22. The van der Waals surface area contributed by atoms with Crippen molar-refractivity contribution in [1.82, 2.24) is 4.90 Å². The number of ether oxygens (including phenoxy) is 1. The molecule has 1 aliphatic rings. The van der Waals surface area contributed by atoms with E-state index < -0.39 is 5.60 Å². The second-order valence-electron chi connectivity index (χ2n) is 6.52. The van der Waals surface area contributed by atoms with E-state index in [4.69, 9.17) is 4.74 Å². The number of nitroso groups, excluding NO2 is 1. The molecule has 104 valence electrons. The van der Waals surface area contributed by atoms with Gasteiger partial charge in [0.2, 0.25) is 0 Å². The number of amides is 1. The summed E-state index contributed by atoms with van der Waals surface area (Å²) in [6.07, 6.45) is 2.39. The normalized spacial score (nSPS) is 23.6. The van der Waals surface area contributed by atoms with Crippen LogP contribution in [0.15, 0.2) is 5.18 Å². The molecule has 5 heteroatoms. The Balaban J connectivity index is 2.89. The lowest BCUT2D eigenvalue weighted by Crippen LogP contribution is -2.58. The first-order valence-electron chi connectivity index (χ1n) is 6.49. The third-order valence-electron chi connectivity index (χ3n) is 3.22. The maximum atomic E-state index is 12.3. The highest BCUT2D eigenvalue weighted by molar-refractivity contribution is 5.69. The standard InChI is InChI=1S/C13H24N2O3/c1-12(2,3)18-11(16)15-10(9-14-17)7-6-8-13(15,4)5/h10H,6-9H2,1-5H3/t10-/m1/s1. The van der Waals surface area contributed by atoms with Crippen molar-refractivity contribution in [3.05, 3.63) is 4.91 Å². The van der Waals surface area contributed by atoms with E-state index in [9.17, 15) is 9.70 Å². The lowest BCUT2D eigenvalue weighted by Gasteiger charge is -2.47. The molecule has 1 atom stereocenters. The van der Waals surface area contributed by atoms with E-state index in [1.165, 1.54) is 0 Å². The van der Waals surface area contributed by atoms with Gasteiger partial charge < -0.3 is 4.74 Å². The second-order valence-corrected chi connectivity index (χ2v) is 6.52. The molecule has 0 unspecified atom stereocenters. The van der Waals surface area contributed by atoms with Gasteiger partial charge in [0.05, 0.1) is 6.04 Å². The van der Waals surface area contributed by atoms with Gasteiger partial charge in [-0.05, 0) is 53.9 Å². The zero-order chi connectivity index (χ0) is 14.0. The van der Waals surface area contributed by atoms with E-state index in [-0.39, 0.29) is 24.2 Å². The molecule has 0 aromatic rings. The highest BCUT2D eigenvalue weighted by Crippen LogP contribution is 2.33. The number of rotatable bonds is 2. The summed E-state index contributed by atoms with van der Waals surface area (Å²) in [5.41, 5.74) is -0.806. The Bertz CT molecular complexity index is 321. The lowest BCUT2D eigenvalue weighted by atomic mass is 9.86. The fraction of sp³-hybridized carbons (Fsp3) is 0.923. The van der Waals surface area contributed by atoms with Crippen LogP contribution in [0, 0.1) is 4.91 Å². The molecule has 0 aromatic carbocycles. The molecule has 0 N–H and O–H groups in total. The number of carbonyl (C=O) groups is 1. The molecule has 18 heavy (non-hydrogen) atoms. The first-order valence-corrected chi connectivity index (χ1v) is 6.49. The highest BCUT2D eigenvalue weighted by Gasteiger charge is 2.41. The Hall–Kier alpha value is -1.13. The minimum atomic E-state index is -0.524. The average Bonchev–Trinajstić information content (AvgIpc) is 2.13. The van der Waals surface area contributed by atoms with Crippen molar-refractivity contribution in [3.63, 3.8) is 0 Å². The molecule has 1 amide bonds. The summed E-state index contributed by atoms with van der Waals surface area (Å²) in [6, 6.07) is -0.138. The smallest absolute Gasteiger partial charge is 0.411 e. The zero-order valence-corrected chi connectivity index (χ0v) is 12.0. The van der Waals surface area contributed by atoms with Crippen LogP contribution in [-0.4, -0.2) is 34.7 Å². The molecule has 1 heterocycles. The lowest BCUT2D eigenvalue weighted by molar-refractivity contribution is -0.0244. The Kier molecular flexibility index (Phi) is 4.35. The van der Waals surface area contributed by atoms with Crippen molar-refractivity contribution in [3.8, 4) is 0 Å². The van der Waals surface area contributed by atoms with Crippen LogP contribution in [0.1, 0.15) is 53.9 Å². The summed E-state index contributed by atoms with van der Waals surface area (Å²) in [5, 5.41) is 2.95. The molecule has 0 aliphatic carbocycles. The van der Waals surface area contributed by atoms with Gasteiger partial charge >= 0.3 is 6.09 Å². The van der Waals surface area contributed by atoms with Gasteiger partial charge in [0.15, 0.2) is 0 Å². The predicted octanol–water partition coefficient (Wildman–Crippen LogP) is 3.32. The molecule has 5 nitrogen and oxygen atoms in total. The predicted molar refractivity (Wildman–Crippen MR) is 70.5 cm³/mol. The first-order chi connectivity index (χ1) is 8.17. The topological polar surface area (TPSA) is 59.0 Å². The van der Waals surface area contributed by atoms with Crippen molar-refractivity contribution in [2.24, 2.45) is 5.18 Å². The fourth-order valence-electron chi connectivity index (χ4n) is 2.48. The van der Waals surface area contributed by atoms with Crippen molar-refractivity contribution in [2.45, 2.75) is 71.1 Å². The Morgan fingerprint density at radius 2 is 2.06 bits per heavy atom. The zero-order valence-electron chi connectivity index (χ0n) is 12.0. The van der Waals surface area contributed by atoms with Crippen LogP contribution in [-0.2, 0) is 4.74 Å². The van der Waals surface area contributed by atoms with E-state index in [0.29, 0.717) is 0 Å². The maximum absolute atomic E-state index is 12.3. The van der Waals surface area contributed by atoms with Crippen molar-refractivity contribution in [2.75, 3.05) is 6.54 Å². The highest BCUT2D eigenvalue weighted by atomic mass is 16.6. The van der Waals surface area contributed by atoms with Crippen LogP contribution in [0.4, 0.5) is 4.79 Å². The van der Waals surface area contributed by atoms with Gasteiger partial charge in [0.25, 0.3) is 0 Å². The van der Waals surface area contributed by atoms with Gasteiger partial charge in [0, 0.05) is 5.54 Å². The first kappa shape index (κ1) is 14.9. The summed E-state index contributed by atoms with van der Waals surface area (Å²) in [5.74, 6) is 0. The summed E-state index contributed by atoms with van der Waals surface area (Å²) in [7, 11) is 0. The Morgan fingerprint density at radius 1 is 1.44 bits per heavy atom. The average molecular weight is 256 g/mol. The van der Waals surface area contributed by atoms with Crippen molar-refractivity contribution < 1.29 is 9.53 Å². The molecule has 0 spiro atoms. The number of hydrogen-bond donors (Lipinski definition) is 0. The molecule has 0 aromatic heterocycles. The molecule has 1 rings (SSSR count). The van der Waals surface area contributed by atoms with Crippen molar-refractivity contribution in [1.29, 1.82) is 0 Å². The van der Waals surface area contributed by atoms with Gasteiger partial charge in [-0.3, -0.25) is 4.90 Å². The minimum absolute atomic E-state index is 0.138. The quantitative estimate of drug-likeness (QED) is 0.712. The van der Waals surface area contributed by atoms with Crippen LogP contribution >= 0.6 is 0 Å². The van der Waals surface area contributed by atoms with Gasteiger partial charge in [-0.15, -0.1) is 0 Å². The van der Waals surface area contributed by atoms with Gasteiger partial charge in [0.1, 0.15) is 12.1 Å². The van der Waals surface area contributed by atoms with E-state index >= 15 is 0 Å². The molecular weight excluding hydrogens is 232 g/mol. The summed E-state index contributed by atoms with van der Waals surface area (Å²) >= 11 is 0. The van der Waals surface area contributed by atoms with E-state index in [0.717, 1.165) is 19.3 Å².